The van der Waals surface area contributed by atoms with E-state index in [1.54, 1.807) is 0 Å². The van der Waals surface area contributed by atoms with Crippen LogP contribution in [0.2, 0.25) is 0 Å². The predicted molar refractivity (Wildman–Crippen MR) is 186 cm³/mol. The van der Waals surface area contributed by atoms with Gasteiger partial charge in [-0.1, -0.05) is 102 Å². The number of aromatic nitrogens is 5. The first-order chi connectivity index (χ1) is 21.4. The van der Waals surface area contributed by atoms with Gasteiger partial charge in [-0.25, -0.2) is 19.5 Å². The van der Waals surface area contributed by atoms with Crippen molar-refractivity contribution in [2.24, 2.45) is 7.05 Å². The van der Waals surface area contributed by atoms with Crippen LogP contribution >= 0.6 is 0 Å². The van der Waals surface area contributed by atoms with Crippen molar-refractivity contribution in [3.05, 3.63) is 102 Å². The summed E-state index contributed by atoms with van der Waals surface area (Å²) in [6, 6.07) is 28.9. The Bertz CT molecular complexity index is 2420. The highest BCUT2D eigenvalue weighted by atomic mass is 15.1. The molecule has 0 fully saturated rings. The SMILES string of the molecule is Cc1ccc2c3cccc(-c4ccccc4)c3n3c4cc(-c5nc(C(C)(C)C)nc(C(C)(C)C)n5)cc5cc[n+](C)c(c1c23)c54. The summed E-state index contributed by atoms with van der Waals surface area (Å²) in [7, 11) is 2.16. The molecule has 0 aliphatic rings. The minimum atomic E-state index is -0.215. The smallest absolute Gasteiger partial charge is 0.224 e. The van der Waals surface area contributed by atoms with Crippen LogP contribution in [0.4, 0.5) is 0 Å². The lowest BCUT2D eigenvalue weighted by molar-refractivity contribution is -0.643. The molecule has 4 aromatic heterocycles. The monoisotopic (exact) mass is 588 g/mol. The second-order valence-electron chi connectivity index (χ2n) is 14.6. The molecule has 0 spiro atoms. The lowest BCUT2D eigenvalue weighted by Gasteiger charge is -2.23. The molecule has 5 nitrogen and oxygen atoms in total. The number of benzene rings is 4. The molecule has 0 saturated heterocycles. The Morgan fingerprint density at radius 2 is 1.33 bits per heavy atom. The highest BCUT2D eigenvalue weighted by Gasteiger charge is 2.28. The molecule has 0 atom stereocenters. The van der Waals surface area contributed by atoms with Gasteiger partial charge in [-0.3, -0.25) is 0 Å². The number of fused-ring (bicyclic) bond motifs is 5. The van der Waals surface area contributed by atoms with Gasteiger partial charge in [0.25, 0.3) is 0 Å². The number of hydrogen-bond donors (Lipinski definition) is 0. The fraction of sp³-hybridized carbons (Fsp3) is 0.250. The molecule has 4 heterocycles. The highest BCUT2D eigenvalue weighted by molar-refractivity contribution is 6.27. The van der Waals surface area contributed by atoms with Gasteiger partial charge in [0.2, 0.25) is 5.52 Å². The van der Waals surface area contributed by atoms with Crippen LogP contribution in [0.3, 0.4) is 0 Å². The van der Waals surface area contributed by atoms with E-state index in [0.717, 1.165) is 28.6 Å². The molecule has 0 N–H and O–H groups in total. The molecule has 0 saturated carbocycles. The minimum Gasteiger partial charge on any atom is -0.307 e. The molecule has 0 amide bonds. The van der Waals surface area contributed by atoms with E-state index in [1.807, 2.05) is 0 Å². The van der Waals surface area contributed by atoms with E-state index in [-0.39, 0.29) is 10.8 Å². The first-order valence-electron chi connectivity index (χ1n) is 15.8. The fourth-order valence-corrected chi connectivity index (χ4v) is 6.91. The normalized spacial score (nSPS) is 12.9. The molecule has 5 heteroatoms. The maximum absolute atomic E-state index is 5.11. The van der Waals surface area contributed by atoms with Crippen LogP contribution < -0.4 is 4.57 Å². The fourth-order valence-electron chi connectivity index (χ4n) is 6.91. The van der Waals surface area contributed by atoms with Gasteiger partial charge in [0.05, 0.1) is 27.3 Å². The van der Waals surface area contributed by atoms with Crippen LogP contribution in [0, 0.1) is 6.92 Å². The number of aryl methyl sites for hydroxylation is 2. The topological polar surface area (TPSA) is 47.0 Å². The Hall–Kier alpha value is -4.90. The largest absolute Gasteiger partial charge is 0.307 e. The zero-order valence-corrected chi connectivity index (χ0v) is 27.3. The van der Waals surface area contributed by atoms with Crippen LogP contribution in [-0.4, -0.2) is 19.4 Å². The Morgan fingerprint density at radius 1 is 0.644 bits per heavy atom. The first kappa shape index (κ1) is 27.6. The standard InChI is InChI=1S/C40H38N5/c1-23-17-18-29-28-16-12-15-27(24-13-10-9-11-14-24)33(28)45-30-22-26(21-25-19-20-44(8)35(32(25)30)31(23)34(29)45)36-41-37(39(2,3)4)43-38(42-36)40(5,6)7/h9-22H,1-8H3/q+1. The summed E-state index contributed by atoms with van der Waals surface area (Å²) >= 11 is 0. The van der Waals surface area contributed by atoms with E-state index in [0.29, 0.717) is 0 Å². The summed E-state index contributed by atoms with van der Waals surface area (Å²) < 4.78 is 4.80. The third-order valence-corrected chi connectivity index (χ3v) is 9.17. The number of hydrogen-bond acceptors (Lipinski definition) is 3. The van der Waals surface area contributed by atoms with E-state index in [9.17, 15) is 0 Å². The molecule has 8 aromatic rings. The van der Waals surface area contributed by atoms with Crippen LogP contribution in [0.1, 0.15) is 58.8 Å². The van der Waals surface area contributed by atoms with Crippen molar-refractivity contribution < 1.29 is 4.57 Å². The number of pyridine rings is 2. The highest BCUT2D eigenvalue weighted by Crippen LogP contribution is 2.44. The van der Waals surface area contributed by atoms with Crippen LogP contribution in [0.15, 0.2) is 85.1 Å². The zero-order chi connectivity index (χ0) is 31.4. The summed E-state index contributed by atoms with van der Waals surface area (Å²) in [5.74, 6) is 2.35. The van der Waals surface area contributed by atoms with Gasteiger partial charge in [0, 0.05) is 38.8 Å². The molecule has 4 aromatic carbocycles. The number of nitrogens with zero attached hydrogens (tertiary/aromatic N) is 5. The van der Waals surface area contributed by atoms with E-state index in [4.69, 9.17) is 15.0 Å². The van der Waals surface area contributed by atoms with Crippen LogP contribution in [0.25, 0.3) is 71.5 Å². The van der Waals surface area contributed by atoms with E-state index in [1.165, 1.54) is 60.2 Å². The third-order valence-electron chi connectivity index (χ3n) is 9.17. The van der Waals surface area contributed by atoms with E-state index < -0.39 is 0 Å². The van der Waals surface area contributed by atoms with Crippen molar-refractivity contribution in [1.29, 1.82) is 0 Å². The summed E-state index contributed by atoms with van der Waals surface area (Å²) in [6.07, 6.45) is 2.19. The number of para-hydroxylation sites is 1. The molecule has 0 unspecified atom stereocenters. The second kappa shape index (κ2) is 9.31. The van der Waals surface area contributed by atoms with Gasteiger partial charge in [0.1, 0.15) is 18.7 Å². The Labute approximate surface area is 263 Å². The Balaban J connectivity index is 1.61. The summed E-state index contributed by atoms with van der Waals surface area (Å²) in [4.78, 5) is 15.2. The molecule has 222 valence electrons. The quantitative estimate of drug-likeness (QED) is 0.115. The summed E-state index contributed by atoms with van der Waals surface area (Å²) in [5, 5.41) is 6.23. The van der Waals surface area contributed by atoms with Crippen LogP contribution in [0.5, 0.6) is 0 Å². The summed E-state index contributed by atoms with van der Waals surface area (Å²) in [6.45, 7) is 15.2. The van der Waals surface area contributed by atoms with Crippen molar-refractivity contribution >= 4 is 49.0 Å². The van der Waals surface area contributed by atoms with Crippen molar-refractivity contribution in [3.8, 4) is 22.5 Å². The Morgan fingerprint density at radius 3 is 2.02 bits per heavy atom. The van der Waals surface area contributed by atoms with Crippen LogP contribution in [-0.2, 0) is 17.9 Å². The lowest BCUT2D eigenvalue weighted by atomic mass is 9.92. The molecular weight excluding hydrogens is 550 g/mol. The van der Waals surface area contributed by atoms with Crippen molar-refractivity contribution in [2.45, 2.75) is 59.3 Å². The average molecular weight is 589 g/mol. The zero-order valence-electron chi connectivity index (χ0n) is 27.3. The van der Waals surface area contributed by atoms with Gasteiger partial charge in [-0.15, -0.1) is 0 Å². The average Bonchev–Trinajstić information content (AvgIpc) is 3.35. The Kier molecular flexibility index (Phi) is 5.71. The van der Waals surface area contributed by atoms with Gasteiger partial charge < -0.3 is 4.40 Å². The molecule has 8 rings (SSSR count). The molecule has 0 bridgehead atoms. The molecule has 0 aliphatic heterocycles. The molecule has 0 radical (unpaired) electrons. The number of rotatable bonds is 2. The van der Waals surface area contributed by atoms with Gasteiger partial charge in [-0.05, 0) is 35.6 Å². The molecule has 45 heavy (non-hydrogen) atoms. The van der Waals surface area contributed by atoms with Gasteiger partial charge in [0.15, 0.2) is 12.0 Å². The lowest BCUT2D eigenvalue weighted by Crippen LogP contribution is -2.29. The maximum atomic E-state index is 5.11. The third kappa shape index (κ3) is 4.06. The van der Waals surface area contributed by atoms with E-state index >= 15 is 0 Å². The van der Waals surface area contributed by atoms with Crippen molar-refractivity contribution in [2.75, 3.05) is 0 Å². The predicted octanol–water partition coefficient (Wildman–Crippen LogP) is 9.24. The first-order valence-corrected chi connectivity index (χ1v) is 15.8. The van der Waals surface area contributed by atoms with Crippen molar-refractivity contribution in [1.82, 2.24) is 19.4 Å². The molecule has 0 aliphatic carbocycles. The van der Waals surface area contributed by atoms with E-state index in [2.05, 4.69) is 150 Å². The maximum Gasteiger partial charge on any atom is 0.224 e. The summed E-state index contributed by atoms with van der Waals surface area (Å²) in [5.41, 5.74) is 9.15. The second-order valence-corrected chi connectivity index (χ2v) is 14.6. The van der Waals surface area contributed by atoms with Gasteiger partial charge >= 0.3 is 0 Å². The minimum absolute atomic E-state index is 0.215. The van der Waals surface area contributed by atoms with Gasteiger partial charge in [-0.2, -0.15) is 0 Å². The molecular formula is C40H38N5+. The van der Waals surface area contributed by atoms with Crippen molar-refractivity contribution in [3.63, 3.8) is 0 Å².